The summed E-state index contributed by atoms with van der Waals surface area (Å²) in [5, 5.41) is 0. The lowest BCUT2D eigenvalue weighted by Crippen LogP contribution is -2.22. The average Bonchev–Trinajstić information content (AvgIpc) is 2.61. The Kier molecular flexibility index (Phi) is 7.47. The number of esters is 1. The second-order valence-electron chi connectivity index (χ2n) is 6.13. The van der Waals surface area contributed by atoms with Gasteiger partial charge in [0.25, 0.3) is 0 Å². The third-order valence-corrected chi connectivity index (χ3v) is 2.85. The van der Waals surface area contributed by atoms with Crippen LogP contribution >= 0.6 is 0 Å². The van der Waals surface area contributed by atoms with E-state index in [1.807, 2.05) is 32.9 Å². The Hall–Kier alpha value is -3.01. The first-order valence-electron chi connectivity index (χ1n) is 7.79. The largest absolute Gasteiger partial charge is 0.457 e. The van der Waals surface area contributed by atoms with E-state index in [1.54, 1.807) is 48.5 Å². The number of benzene rings is 2. The van der Waals surface area contributed by atoms with Crippen LogP contribution in [0.25, 0.3) is 0 Å². The summed E-state index contributed by atoms with van der Waals surface area (Å²) in [5.74, 6) is -1.30. The molecule has 130 valence electrons. The molecule has 0 aliphatic rings. The van der Waals surface area contributed by atoms with Gasteiger partial charge in [0, 0.05) is 17.2 Å². The van der Waals surface area contributed by atoms with Crippen molar-refractivity contribution in [3.05, 3.63) is 84.4 Å². The van der Waals surface area contributed by atoms with Crippen LogP contribution in [0, 0.1) is 0 Å². The van der Waals surface area contributed by atoms with Crippen LogP contribution in [0.15, 0.2) is 73.3 Å². The molecule has 0 radical (unpaired) electrons. The Morgan fingerprint density at radius 1 is 0.800 bits per heavy atom. The Morgan fingerprint density at radius 3 is 1.40 bits per heavy atom. The first kappa shape index (κ1) is 20.0. The lowest BCUT2D eigenvalue weighted by molar-refractivity contribution is -0.148. The highest BCUT2D eigenvalue weighted by Crippen LogP contribution is 2.07. The maximum Gasteiger partial charge on any atom is 0.330 e. The van der Waals surface area contributed by atoms with Crippen LogP contribution in [0.5, 0.6) is 0 Å². The number of carbonyl (C=O) groups excluding carboxylic acids is 3. The topological polar surface area (TPSA) is 60.4 Å². The monoisotopic (exact) mass is 338 g/mol. The highest BCUT2D eigenvalue weighted by molar-refractivity contribution is 6.49. The fourth-order valence-corrected chi connectivity index (χ4v) is 1.78. The average molecular weight is 338 g/mol. The van der Waals surface area contributed by atoms with E-state index in [0.717, 1.165) is 6.08 Å². The summed E-state index contributed by atoms with van der Waals surface area (Å²) < 4.78 is 4.83. The molecule has 0 saturated heterocycles. The predicted molar refractivity (Wildman–Crippen MR) is 97.6 cm³/mol. The molecule has 0 amide bonds. The molecule has 0 bridgehead atoms. The summed E-state index contributed by atoms with van der Waals surface area (Å²) in [5.41, 5.74) is 0.457. The van der Waals surface area contributed by atoms with Gasteiger partial charge < -0.3 is 4.74 Å². The first-order valence-corrected chi connectivity index (χ1v) is 7.79. The summed E-state index contributed by atoms with van der Waals surface area (Å²) in [6.45, 7) is 8.71. The zero-order valence-corrected chi connectivity index (χ0v) is 14.7. The summed E-state index contributed by atoms with van der Waals surface area (Å²) in [7, 11) is 0. The number of hydrogen-bond donors (Lipinski definition) is 0. The minimum atomic E-state index is -0.466. The van der Waals surface area contributed by atoms with E-state index in [1.165, 1.54) is 0 Å². The zero-order valence-electron chi connectivity index (χ0n) is 14.7. The van der Waals surface area contributed by atoms with Crippen molar-refractivity contribution in [1.29, 1.82) is 0 Å². The van der Waals surface area contributed by atoms with Gasteiger partial charge in [-0.15, -0.1) is 0 Å². The van der Waals surface area contributed by atoms with Crippen LogP contribution in [0.3, 0.4) is 0 Å². The molecule has 25 heavy (non-hydrogen) atoms. The van der Waals surface area contributed by atoms with Gasteiger partial charge >= 0.3 is 5.97 Å². The van der Waals surface area contributed by atoms with Gasteiger partial charge in [-0.3, -0.25) is 9.59 Å². The van der Waals surface area contributed by atoms with Crippen molar-refractivity contribution in [3.8, 4) is 0 Å². The summed E-state index contributed by atoms with van der Waals surface area (Å²) >= 11 is 0. The van der Waals surface area contributed by atoms with E-state index in [-0.39, 0.29) is 5.97 Å². The molecule has 0 aliphatic heterocycles. The van der Waals surface area contributed by atoms with Crippen molar-refractivity contribution in [3.63, 3.8) is 0 Å². The number of Topliss-reactive ketones (excluding diaryl/α,β-unsaturated/α-hetero) is 2. The molecule has 0 spiro atoms. The summed E-state index contributed by atoms with van der Waals surface area (Å²) in [6, 6.07) is 17.2. The van der Waals surface area contributed by atoms with E-state index >= 15 is 0 Å². The SMILES string of the molecule is C=CC(=O)OC(C)(C)C.O=C(C(=O)c1ccccc1)c1ccccc1. The van der Waals surface area contributed by atoms with Crippen molar-refractivity contribution in [1.82, 2.24) is 0 Å². The molecule has 0 aliphatic carbocycles. The van der Waals surface area contributed by atoms with Gasteiger partial charge in [-0.25, -0.2) is 4.79 Å². The molecular weight excluding hydrogens is 316 g/mol. The molecular formula is C21H22O4. The molecule has 0 fully saturated rings. The van der Waals surface area contributed by atoms with E-state index in [9.17, 15) is 14.4 Å². The normalized spacial score (nSPS) is 10.0. The molecule has 2 aromatic rings. The minimum absolute atomic E-state index is 0.373. The zero-order chi connectivity index (χ0) is 18.9. The lowest BCUT2D eigenvalue weighted by atomic mass is 10.0. The number of hydrogen-bond acceptors (Lipinski definition) is 4. The quantitative estimate of drug-likeness (QED) is 0.361. The van der Waals surface area contributed by atoms with Crippen LogP contribution < -0.4 is 0 Å². The van der Waals surface area contributed by atoms with Crippen LogP contribution in [-0.4, -0.2) is 23.1 Å². The number of ketones is 2. The van der Waals surface area contributed by atoms with Gasteiger partial charge in [0.05, 0.1) is 0 Å². The highest BCUT2D eigenvalue weighted by atomic mass is 16.6. The maximum absolute atomic E-state index is 11.8. The highest BCUT2D eigenvalue weighted by Gasteiger charge is 2.17. The van der Waals surface area contributed by atoms with E-state index in [2.05, 4.69) is 6.58 Å². The van der Waals surface area contributed by atoms with Crippen molar-refractivity contribution >= 4 is 17.5 Å². The lowest BCUT2D eigenvalue weighted by Gasteiger charge is -2.17. The van der Waals surface area contributed by atoms with Crippen LogP contribution in [-0.2, 0) is 9.53 Å². The van der Waals surface area contributed by atoms with Gasteiger partial charge in [-0.2, -0.15) is 0 Å². The van der Waals surface area contributed by atoms with Gasteiger partial charge in [-0.1, -0.05) is 67.2 Å². The maximum atomic E-state index is 11.8. The second kappa shape index (κ2) is 9.33. The smallest absolute Gasteiger partial charge is 0.330 e. The van der Waals surface area contributed by atoms with E-state index in [4.69, 9.17) is 4.74 Å². The molecule has 0 N–H and O–H groups in total. The fraction of sp³-hybridized carbons (Fsp3) is 0.190. The number of ether oxygens (including phenoxy) is 1. The molecule has 4 heteroatoms. The molecule has 0 saturated carbocycles. The summed E-state index contributed by atoms with van der Waals surface area (Å²) in [6.07, 6.45) is 1.16. The predicted octanol–water partition coefficient (Wildman–Crippen LogP) is 4.27. The van der Waals surface area contributed by atoms with Crippen molar-refractivity contribution < 1.29 is 19.1 Å². The summed E-state index contributed by atoms with van der Waals surface area (Å²) in [4.78, 5) is 34.1. The Bertz CT molecular complexity index is 676. The number of rotatable bonds is 4. The fourth-order valence-electron chi connectivity index (χ4n) is 1.78. The Balaban J connectivity index is 0.000000299. The van der Waals surface area contributed by atoms with E-state index < -0.39 is 17.2 Å². The second-order valence-corrected chi connectivity index (χ2v) is 6.13. The molecule has 0 aromatic heterocycles. The van der Waals surface area contributed by atoms with Crippen molar-refractivity contribution in [2.24, 2.45) is 0 Å². The van der Waals surface area contributed by atoms with Crippen molar-refractivity contribution in [2.45, 2.75) is 26.4 Å². The molecule has 0 atom stereocenters. The number of carbonyl (C=O) groups is 3. The van der Waals surface area contributed by atoms with Crippen LogP contribution in [0.2, 0.25) is 0 Å². The van der Waals surface area contributed by atoms with Crippen LogP contribution in [0.4, 0.5) is 0 Å². The van der Waals surface area contributed by atoms with Crippen molar-refractivity contribution in [2.75, 3.05) is 0 Å². The standard InChI is InChI=1S/C14H10O2.C7H12O2/c15-13(11-7-3-1-4-8-11)14(16)12-9-5-2-6-10-12;1-5-6(8)9-7(2,3)4/h1-10H;5H,1H2,2-4H3. The molecule has 2 aromatic carbocycles. The molecule has 2 rings (SSSR count). The van der Waals surface area contributed by atoms with Crippen LogP contribution in [0.1, 0.15) is 41.5 Å². The van der Waals surface area contributed by atoms with Gasteiger partial charge in [0.1, 0.15) is 5.60 Å². The Labute approximate surface area is 148 Å². The Morgan fingerprint density at radius 2 is 1.16 bits per heavy atom. The van der Waals surface area contributed by atoms with E-state index in [0.29, 0.717) is 11.1 Å². The third-order valence-electron chi connectivity index (χ3n) is 2.85. The molecule has 4 nitrogen and oxygen atoms in total. The molecule has 0 unspecified atom stereocenters. The van der Waals surface area contributed by atoms with Gasteiger partial charge in [-0.05, 0) is 20.8 Å². The minimum Gasteiger partial charge on any atom is -0.457 e. The third kappa shape index (κ3) is 7.40. The van der Waals surface area contributed by atoms with Gasteiger partial charge in [0.15, 0.2) is 0 Å². The molecule has 0 heterocycles. The first-order chi connectivity index (χ1) is 11.7. The van der Waals surface area contributed by atoms with Gasteiger partial charge in [0.2, 0.25) is 11.6 Å².